The fourth-order valence-electron chi connectivity index (χ4n) is 1.77. The summed E-state index contributed by atoms with van der Waals surface area (Å²) in [5.74, 6) is 0. The number of nitrogens with two attached hydrogens (primary N) is 1. The Hall–Kier alpha value is -0.770. The fourth-order valence-corrected chi connectivity index (χ4v) is 1.77. The van der Waals surface area contributed by atoms with Crippen LogP contribution in [0.2, 0.25) is 0 Å². The van der Waals surface area contributed by atoms with Gasteiger partial charge in [0, 0.05) is 12.6 Å². The third-order valence-corrected chi connectivity index (χ3v) is 2.44. The van der Waals surface area contributed by atoms with Crippen LogP contribution in [0.25, 0.3) is 0 Å². The highest BCUT2D eigenvalue weighted by Crippen LogP contribution is 2.22. The average molecular weight is 156 g/mol. The van der Waals surface area contributed by atoms with Gasteiger partial charge in [0.1, 0.15) is 6.61 Å². The average Bonchev–Trinajstić information content (AvgIpc) is 2.35. The molecule has 2 aliphatic heterocycles. The van der Waals surface area contributed by atoms with Crippen LogP contribution in [0.3, 0.4) is 0 Å². The van der Waals surface area contributed by atoms with Gasteiger partial charge in [-0.25, -0.2) is 4.79 Å². The zero-order valence-electron chi connectivity index (χ0n) is 6.32. The van der Waals surface area contributed by atoms with Gasteiger partial charge in [0.2, 0.25) is 0 Å². The van der Waals surface area contributed by atoms with Crippen molar-refractivity contribution in [2.45, 2.75) is 24.9 Å². The molecule has 2 fully saturated rings. The van der Waals surface area contributed by atoms with E-state index in [1.807, 2.05) is 0 Å². The molecule has 2 saturated heterocycles. The van der Waals surface area contributed by atoms with Crippen molar-refractivity contribution in [3.63, 3.8) is 0 Å². The summed E-state index contributed by atoms with van der Waals surface area (Å²) in [6.07, 6.45) is 1.83. The molecule has 2 atom stereocenters. The lowest BCUT2D eigenvalue weighted by Gasteiger charge is -2.31. The number of rotatable bonds is 0. The van der Waals surface area contributed by atoms with Gasteiger partial charge < -0.3 is 15.4 Å². The predicted octanol–water partition coefficient (Wildman–Crippen LogP) is -0.0717. The number of carbonyl (C=O) groups excluding carboxylic acids is 1. The lowest BCUT2D eigenvalue weighted by Crippen LogP contribution is -2.50. The second kappa shape index (κ2) is 2.37. The van der Waals surface area contributed by atoms with Crippen LogP contribution in [-0.2, 0) is 4.74 Å². The van der Waals surface area contributed by atoms with Gasteiger partial charge in [0.25, 0.3) is 0 Å². The quantitative estimate of drug-likeness (QED) is 0.534. The minimum absolute atomic E-state index is 0.121. The van der Waals surface area contributed by atoms with E-state index in [-0.39, 0.29) is 18.2 Å². The minimum Gasteiger partial charge on any atom is -0.447 e. The van der Waals surface area contributed by atoms with Crippen LogP contribution < -0.4 is 5.73 Å². The molecular formula is C7H12N2O2. The van der Waals surface area contributed by atoms with E-state index < -0.39 is 0 Å². The molecule has 4 heteroatoms. The highest BCUT2D eigenvalue weighted by atomic mass is 16.6. The van der Waals surface area contributed by atoms with Gasteiger partial charge in [0.05, 0.1) is 6.04 Å². The van der Waals surface area contributed by atoms with Crippen LogP contribution in [0.5, 0.6) is 0 Å². The first kappa shape index (κ1) is 6.91. The van der Waals surface area contributed by atoms with Crippen molar-refractivity contribution < 1.29 is 9.53 Å². The number of hydrogen-bond acceptors (Lipinski definition) is 3. The van der Waals surface area contributed by atoms with Gasteiger partial charge in [-0.05, 0) is 12.8 Å². The zero-order chi connectivity index (χ0) is 7.84. The van der Waals surface area contributed by atoms with E-state index >= 15 is 0 Å². The second-order valence-corrected chi connectivity index (χ2v) is 3.14. The first-order chi connectivity index (χ1) is 5.29. The van der Waals surface area contributed by atoms with E-state index in [1.165, 1.54) is 0 Å². The number of piperidine rings is 1. The second-order valence-electron chi connectivity index (χ2n) is 3.14. The van der Waals surface area contributed by atoms with E-state index in [1.54, 1.807) is 4.90 Å². The molecule has 0 unspecified atom stereocenters. The summed E-state index contributed by atoms with van der Waals surface area (Å²) < 4.78 is 4.88. The van der Waals surface area contributed by atoms with Crippen molar-refractivity contribution >= 4 is 6.09 Å². The summed E-state index contributed by atoms with van der Waals surface area (Å²) in [6, 6.07) is 0.270. The Kier molecular flexibility index (Phi) is 1.49. The lowest BCUT2D eigenvalue weighted by atomic mass is 9.99. The molecule has 2 heterocycles. The van der Waals surface area contributed by atoms with E-state index in [0.29, 0.717) is 6.61 Å². The van der Waals surface area contributed by atoms with Crippen LogP contribution in [0.15, 0.2) is 0 Å². The van der Waals surface area contributed by atoms with Crippen LogP contribution in [0, 0.1) is 0 Å². The summed E-state index contributed by atoms with van der Waals surface area (Å²) >= 11 is 0. The van der Waals surface area contributed by atoms with Crippen molar-refractivity contribution in [3.8, 4) is 0 Å². The number of nitrogens with zero attached hydrogens (tertiary/aromatic N) is 1. The van der Waals surface area contributed by atoms with Gasteiger partial charge in [-0.2, -0.15) is 0 Å². The zero-order valence-corrected chi connectivity index (χ0v) is 6.32. The van der Waals surface area contributed by atoms with Crippen LogP contribution in [0.4, 0.5) is 4.79 Å². The first-order valence-electron chi connectivity index (χ1n) is 3.98. The molecule has 0 saturated carbocycles. The largest absolute Gasteiger partial charge is 0.447 e. The van der Waals surface area contributed by atoms with Crippen molar-refractivity contribution in [1.29, 1.82) is 0 Å². The molecule has 1 amide bonds. The normalized spacial score (nSPS) is 36.8. The van der Waals surface area contributed by atoms with E-state index in [0.717, 1.165) is 19.4 Å². The summed E-state index contributed by atoms with van der Waals surface area (Å²) in [5, 5.41) is 0. The number of carbonyl (C=O) groups is 1. The van der Waals surface area contributed by atoms with Gasteiger partial charge in [-0.3, -0.25) is 0 Å². The minimum atomic E-state index is -0.190. The molecule has 4 nitrogen and oxygen atoms in total. The van der Waals surface area contributed by atoms with Gasteiger partial charge >= 0.3 is 6.09 Å². The van der Waals surface area contributed by atoms with Crippen LogP contribution in [-0.4, -0.2) is 36.2 Å². The molecule has 0 radical (unpaired) electrons. The third kappa shape index (κ3) is 0.976. The van der Waals surface area contributed by atoms with Crippen molar-refractivity contribution in [2.24, 2.45) is 5.73 Å². The molecule has 11 heavy (non-hydrogen) atoms. The highest BCUT2D eigenvalue weighted by Gasteiger charge is 2.38. The molecular weight excluding hydrogens is 144 g/mol. The summed E-state index contributed by atoms with van der Waals surface area (Å²) in [6.45, 7) is 1.30. The maximum Gasteiger partial charge on any atom is 0.410 e. The molecule has 2 N–H and O–H groups in total. The number of ether oxygens (including phenoxy) is 1. The molecule has 0 bridgehead atoms. The summed E-state index contributed by atoms with van der Waals surface area (Å²) in [4.78, 5) is 12.7. The molecule has 2 aliphatic rings. The fraction of sp³-hybridized carbons (Fsp3) is 0.857. The Bertz CT molecular complexity index is 183. The smallest absolute Gasteiger partial charge is 0.410 e. The molecule has 0 spiro atoms. The molecule has 0 aromatic carbocycles. The maximum atomic E-state index is 11.0. The number of fused-ring (bicyclic) bond motifs is 1. The number of amides is 1. The molecule has 2 rings (SSSR count). The first-order valence-corrected chi connectivity index (χ1v) is 3.98. The Morgan fingerprint density at radius 3 is 3.18 bits per heavy atom. The van der Waals surface area contributed by atoms with E-state index in [2.05, 4.69) is 0 Å². The van der Waals surface area contributed by atoms with E-state index in [4.69, 9.17) is 10.5 Å². The Labute approximate surface area is 65.3 Å². The molecule has 0 aromatic heterocycles. The van der Waals surface area contributed by atoms with Crippen LogP contribution in [0.1, 0.15) is 12.8 Å². The van der Waals surface area contributed by atoms with Crippen molar-refractivity contribution in [1.82, 2.24) is 4.90 Å². The van der Waals surface area contributed by atoms with Gasteiger partial charge in [-0.15, -0.1) is 0 Å². The molecule has 0 aromatic rings. The maximum absolute atomic E-state index is 11.0. The number of cyclic esters (lactones) is 1. The third-order valence-electron chi connectivity index (χ3n) is 2.44. The SMILES string of the molecule is N[C@@H]1CCCN2C(=O)OC[C@H]12. The van der Waals surface area contributed by atoms with Gasteiger partial charge in [0.15, 0.2) is 0 Å². The Morgan fingerprint density at radius 2 is 2.45 bits per heavy atom. The molecule has 62 valence electrons. The standard InChI is InChI=1S/C7H12N2O2/c8-5-2-1-3-9-6(5)4-11-7(9)10/h5-6H,1-4,8H2/t5-,6-/m1/s1. The predicted molar refractivity (Wildman–Crippen MR) is 39.1 cm³/mol. The monoisotopic (exact) mass is 156 g/mol. The molecule has 0 aliphatic carbocycles. The topological polar surface area (TPSA) is 55.6 Å². The highest BCUT2D eigenvalue weighted by molar-refractivity contribution is 5.70. The van der Waals surface area contributed by atoms with Crippen LogP contribution >= 0.6 is 0 Å². The Balaban J connectivity index is 2.12. The lowest BCUT2D eigenvalue weighted by molar-refractivity contribution is 0.152. The summed E-state index contributed by atoms with van der Waals surface area (Å²) in [7, 11) is 0. The van der Waals surface area contributed by atoms with Crippen molar-refractivity contribution in [3.05, 3.63) is 0 Å². The number of hydrogen-bond donors (Lipinski definition) is 1. The van der Waals surface area contributed by atoms with Crippen molar-refractivity contribution in [2.75, 3.05) is 13.2 Å². The van der Waals surface area contributed by atoms with E-state index in [9.17, 15) is 4.79 Å². The summed E-state index contributed by atoms with van der Waals surface area (Å²) in [5.41, 5.74) is 5.81. The van der Waals surface area contributed by atoms with Gasteiger partial charge in [-0.1, -0.05) is 0 Å². The Morgan fingerprint density at radius 1 is 1.64 bits per heavy atom.